The van der Waals surface area contributed by atoms with Crippen LogP contribution in [0, 0.1) is 11.3 Å². The maximum atomic E-state index is 13.8. The standard InChI is InChI=1S/C29H43N5O5/c1-18(2)16-21(31-26(37)19-6-8-20(9-7-19)32-14-11-30-12-15-32)27(38)33-13-10-22-24(33)23(35)17-34(22)28(39)25(36)29(3,4)5/h6-9,18,21-22,24-25,30,36H,10-17H2,1-5H3,(H,31,37). The van der Waals surface area contributed by atoms with Crippen molar-refractivity contribution >= 4 is 29.2 Å². The van der Waals surface area contributed by atoms with Crippen molar-refractivity contribution in [1.29, 1.82) is 0 Å². The Morgan fingerprint density at radius 1 is 1.03 bits per heavy atom. The Hall–Kier alpha value is -2.98. The summed E-state index contributed by atoms with van der Waals surface area (Å²) < 4.78 is 0. The Bertz CT molecular complexity index is 1080. The van der Waals surface area contributed by atoms with Crippen LogP contribution in [0.25, 0.3) is 0 Å². The molecule has 0 radical (unpaired) electrons. The number of rotatable bonds is 7. The molecule has 214 valence electrons. The van der Waals surface area contributed by atoms with E-state index in [9.17, 15) is 24.3 Å². The van der Waals surface area contributed by atoms with Crippen LogP contribution in [0.3, 0.4) is 0 Å². The molecule has 3 N–H and O–H groups in total. The lowest BCUT2D eigenvalue weighted by Crippen LogP contribution is -2.53. The monoisotopic (exact) mass is 541 g/mol. The van der Waals surface area contributed by atoms with Crippen molar-refractivity contribution in [3.63, 3.8) is 0 Å². The van der Waals surface area contributed by atoms with Gasteiger partial charge in [-0.2, -0.15) is 0 Å². The summed E-state index contributed by atoms with van der Waals surface area (Å²) in [5, 5.41) is 16.8. The summed E-state index contributed by atoms with van der Waals surface area (Å²) in [6.07, 6.45) is -0.350. The van der Waals surface area contributed by atoms with Crippen LogP contribution in [0.15, 0.2) is 24.3 Å². The molecule has 3 aliphatic rings. The maximum absolute atomic E-state index is 13.8. The van der Waals surface area contributed by atoms with E-state index in [1.807, 2.05) is 26.0 Å². The van der Waals surface area contributed by atoms with Crippen molar-refractivity contribution in [2.24, 2.45) is 11.3 Å². The molecular weight excluding hydrogens is 498 g/mol. The molecule has 4 atom stereocenters. The number of nitrogens with zero attached hydrogens (tertiary/aromatic N) is 3. The van der Waals surface area contributed by atoms with Gasteiger partial charge in [0.2, 0.25) is 5.91 Å². The molecule has 10 heteroatoms. The van der Waals surface area contributed by atoms with E-state index in [1.54, 1.807) is 32.9 Å². The van der Waals surface area contributed by atoms with Crippen LogP contribution in [0.5, 0.6) is 0 Å². The molecule has 4 rings (SSSR count). The summed E-state index contributed by atoms with van der Waals surface area (Å²) >= 11 is 0. The molecule has 39 heavy (non-hydrogen) atoms. The van der Waals surface area contributed by atoms with Crippen molar-refractivity contribution in [3.8, 4) is 0 Å². The molecule has 1 aromatic rings. The van der Waals surface area contributed by atoms with Gasteiger partial charge < -0.3 is 30.4 Å². The second-order valence-electron chi connectivity index (χ2n) is 12.5. The molecule has 3 aliphatic heterocycles. The predicted molar refractivity (Wildman–Crippen MR) is 148 cm³/mol. The number of Topliss-reactive ketones (excluding diaryl/α,β-unsaturated/α-hetero) is 1. The number of likely N-dealkylation sites (tertiary alicyclic amines) is 2. The first-order chi connectivity index (χ1) is 18.4. The molecule has 3 fully saturated rings. The number of anilines is 1. The van der Waals surface area contributed by atoms with Gasteiger partial charge in [-0.1, -0.05) is 34.6 Å². The molecule has 10 nitrogen and oxygen atoms in total. The van der Waals surface area contributed by atoms with E-state index < -0.39 is 35.6 Å². The first-order valence-corrected chi connectivity index (χ1v) is 14.1. The molecule has 3 amide bonds. The molecule has 3 heterocycles. The van der Waals surface area contributed by atoms with Gasteiger partial charge in [0.15, 0.2) is 5.78 Å². The van der Waals surface area contributed by atoms with Crippen LogP contribution in [-0.2, 0) is 14.4 Å². The van der Waals surface area contributed by atoms with Gasteiger partial charge >= 0.3 is 0 Å². The van der Waals surface area contributed by atoms with Gasteiger partial charge in [0, 0.05) is 44.0 Å². The van der Waals surface area contributed by atoms with Crippen molar-refractivity contribution in [2.75, 3.05) is 44.2 Å². The molecule has 0 spiro atoms. The van der Waals surface area contributed by atoms with Gasteiger partial charge in [-0.3, -0.25) is 19.2 Å². The summed E-state index contributed by atoms with van der Waals surface area (Å²) in [5.41, 5.74) is 0.864. The number of benzene rings is 1. The Morgan fingerprint density at radius 3 is 2.26 bits per heavy atom. The molecule has 3 saturated heterocycles. The first-order valence-electron chi connectivity index (χ1n) is 14.1. The fraction of sp³-hybridized carbons (Fsp3) is 0.655. The highest BCUT2D eigenvalue weighted by atomic mass is 16.3. The summed E-state index contributed by atoms with van der Waals surface area (Å²) in [6.45, 7) is 13.1. The molecule has 0 saturated carbocycles. The minimum absolute atomic E-state index is 0.119. The zero-order valence-corrected chi connectivity index (χ0v) is 23.8. The van der Waals surface area contributed by atoms with Gasteiger partial charge in [-0.05, 0) is 48.4 Å². The number of amides is 3. The lowest BCUT2D eigenvalue weighted by atomic mass is 9.88. The summed E-state index contributed by atoms with van der Waals surface area (Å²) in [6, 6.07) is 5.41. The van der Waals surface area contributed by atoms with E-state index >= 15 is 0 Å². The highest BCUT2D eigenvalue weighted by molar-refractivity contribution is 6.01. The van der Waals surface area contributed by atoms with E-state index in [1.165, 1.54) is 9.80 Å². The zero-order valence-electron chi connectivity index (χ0n) is 23.8. The van der Waals surface area contributed by atoms with Crippen LogP contribution in [0.1, 0.15) is 57.8 Å². The number of ketones is 1. The number of nitrogens with one attached hydrogen (secondary N) is 2. The van der Waals surface area contributed by atoms with Crippen LogP contribution in [0.4, 0.5) is 5.69 Å². The Labute approximate surface area is 231 Å². The second-order valence-corrected chi connectivity index (χ2v) is 12.5. The van der Waals surface area contributed by atoms with Gasteiger partial charge in [0.1, 0.15) is 18.2 Å². The van der Waals surface area contributed by atoms with Crippen molar-refractivity contribution < 1.29 is 24.3 Å². The first kappa shape index (κ1) is 29.0. The molecule has 4 unspecified atom stereocenters. The van der Waals surface area contributed by atoms with E-state index in [0.717, 1.165) is 31.9 Å². The third-order valence-electron chi connectivity index (χ3n) is 7.96. The van der Waals surface area contributed by atoms with Crippen molar-refractivity contribution in [2.45, 2.75) is 71.7 Å². The number of carbonyl (C=O) groups excluding carboxylic acids is 4. The average Bonchev–Trinajstić information content (AvgIpc) is 3.48. The van der Waals surface area contributed by atoms with Crippen LogP contribution in [0.2, 0.25) is 0 Å². The number of hydrogen-bond donors (Lipinski definition) is 3. The van der Waals surface area contributed by atoms with E-state index in [0.29, 0.717) is 24.9 Å². The van der Waals surface area contributed by atoms with Crippen LogP contribution < -0.4 is 15.5 Å². The SMILES string of the molecule is CC(C)CC(NC(=O)c1ccc(N2CCNCC2)cc1)C(=O)N1CCC2C1C(=O)CN2C(=O)C(O)C(C)(C)C. The number of piperazine rings is 1. The molecular formula is C29H43N5O5. The summed E-state index contributed by atoms with van der Waals surface area (Å²) in [7, 11) is 0. The fourth-order valence-electron chi connectivity index (χ4n) is 5.77. The van der Waals surface area contributed by atoms with Crippen LogP contribution in [-0.4, -0.2) is 102 Å². The van der Waals surface area contributed by atoms with Gasteiger partial charge in [-0.25, -0.2) is 0 Å². The molecule has 0 bridgehead atoms. The highest BCUT2D eigenvalue weighted by Crippen LogP contribution is 2.33. The Balaban J connectivity index is 1.46. The number of fused-ring (bicyclic) bond motifs is 1. The summed E-state index contributed by atoms with van der Waals surface area (Å²) in [5.74, 6) is -1.19. The zero-order chi connectivity index (χ0) is 28.5. The number of aliphatic hydroxyl groups is 1. The lowest BCUT2D eigenvalue weighted by molar-refractivity contribution is -0.147. The lowest BCUT2D eigenvalue weighted by Gasteiger charge is -2.31. The number of aliphatic hydroxyl groups excluding tert-OH is 1. The average molecular weight is 542 g/mol. The minimum Gasteiger partial charge on any atom is -0.383 e. The predicted octanol–water partition coefficient (Wildman–Crippen LogP) is 1.03. The van der Waals surface area contributed by atoms with Crippen molar-refractivity contribution in [1.82, 2.24) is 20.4 Å². The van der Waals surface area contributed by atoms with Crippen molar-refractivity contribution in [3.05, 3.63) is 29.8 Å². The molecule has 0 aromatic heterocycles. The largest absolute Gasteiger partial charge is 0.383 e. The smallest absolute Gasteiger partial charge is 0.252 e. The fourth-order valence-corrected chi connectivity index (χ4v) is 5.77. The third kappa shape index (κ3) is 6.27. The number of carbonyl (C=O) groups is 4. The van der Waals surface area contributed by atoms with E-state index in [2.05, 4.69) is 15.5 Å². The highest BCUT2D eigenvalue weighted by Gasteiger charge is 2.53. The van der Waals surface area contributed by atoms with Gasteiger partial charge in [0.05, 0.1) is 12.6 Å². The Kier molecular flexibility index (Phi) is 8.66. The van der Waals surface area contributed by atoms with E-state index in [4.69, 9.17) is 0 Å². The normalized spacial score (nSPS) is 23.2. The topological polar surface area (TPSA) is 122 Å². The third-order valence-corrected chi connectivity index (χ3v) is 7.96. The van der Waals surface area contributed by atoms with Gasteiger partial charge in [-0.15, -0.1) is 0 Å². The van der Waals surface area contributed by atoms with Crippen LogP contribution >= 0.6 is 0 Å². The Morgan fingerprint density at radius 2 is 1.67 bits per heavy atom. The van der Waals surface area contributed by atoms with Gasteiger partial charge in [0.25, 0.3) is 11.8 Å². The maximum Gasteiger partial charge on any atom is 0.252 e. The quantitative estimate of drug-likeness (QED) is 0.471. The second kappa shape index (κ2) is 11.6. The number of hydrogen-bond acceptors (Lipinski definition) is 7. The summed E-state index contributed by atoms with van der Waals surface area (Å²) in [4.78, 5) is 58.3. The minimum atomic E-state index is -1.24. The molecule has 0 aliphatic carbocycles. The van der Waals surface area contributed by atoms with E-state index in [-0.39, 0.29) is 30.1 Å². The molecule has 1 aromatic carbocycles.